The summed E-state index contributed by atoms with van der Waals surface area (Å²) in [5.41, 5.74) is 1.10. The third-order valence-corrected chi connectivity index (χ3v) is 2.42. The normalized spacial score (nSPS) is 25.7. The van der Waals surface area contributed by atoms with Crippen molar-refractivity contribution < 1.29 is 9.53 Å². The Labute approximate surface area is 64.6 Å². The minimum Gasteiger partial charge on any atom is -0.457 e. The summed E-state index contributed by atoms with van der Waals surface area (Å²) in [6.07, 6.45) is 0. The van der Waals surface area contributed by atoms with Gasteiger partial charge in [-0.2, -0.15) is 0 Å². The number of thioether (sulfide) groups is 1. The second kappa shape index (κ2) is 3.10. The first kappa shape index (κ1) is 7.66. The summed E-state index contributed by atoms with van der Waals surface area (Å²) in [6, 6.07) is 0. The summed E-state index contributed by atoms with van der Waals surface area (Å²) in [6.45, 7) is 6.28. The zero-order valence-corrected chi connectivity index (χ0v) is 6.74. The lowest BCUT2D eigenvalue weighted by molar-refractivity contribution is 0.159. The molecule has 1 aliphatic rings. The monoisotopic (exact) mass is 158 g/mol. The van der Waals surface area contributed by atoms with E-state index >= 15 is 0 Å². The molecule has 0 bridgehead atoms. The van der Waals surface area contributed by atoms with Crippen LogP contribution in [0.3, 0.4) is 0 Å². The molecule has 10 heavy (non-hydrogen) atoms. The van der Waals surface area contributed by atoms with Crippen LogP contribution in [-0.2, 0) is 4.74 Å². The van der Waals surface area contributed by atoms with Crippen LogP contribution in [0.1, 0.15) is 6.92 Å². The van der Waals surface area contributed by atoms with E-state index in [0.29, 0.717) is 12.5 Å². The largest absolute Gasteiger partial charge is 0.457 e. The van der Waals surface area contributed by atoms with Crippen molar-refractivity contribution in [2.75, 3.05) is 12.4 Å². The van der Waals surface area contributed by atoms with Crippen LogP contribution in [-0.4, -0.2) is 17.7 Å². The minimum atomic E-state index is -0.155. The molecule has 0 aliphatic carbocycles. The van der Waals surface area contributed by atoms with Gasteiger partial charge in [0.15, 0.2) is 0 Å². The predicted octanol–water partition coefficient (Wildman–Crippen LogP) is 2.06. The molecular weight excluding hydrogens is 148 g/mol. The summed E-state index contributed by atoms with van der Waals surface area (Å²) in [7, 11) is 0. The SMILES string of the molecule is C=C(C)C1COC(=O)SC1. The third-order valence-electron chi connectivity index (χ3n) is 1.50. The summed E-state index contributed by atoms with van der Waals surface area (Å²) < 4.78 is 4.81. The molecule has 1 heterocycles. The number of carbonyl (C=O) groups is 1. The van der Waals surface area contributed by atoms with Gasteiger partial charge in [0.25, 0.3) is 0 Å². The molecule has 1 rings (SSSR count). The van der Waals surface area contributed by atoms with Crippen LogP contribution in [0.15, 0.2) is 12.2 Å². The first-order valence-corrected chi connectivity index (χ1v) is 4.13. The van der Waals surface area contributed by atoms with Crippen LogP contribution < -0.4 is 0 Å². The van der Waals surface area contributed by atoms with E-state index in [-0.39, 0.29) is 5.30 Å². The summed E-state index contributed by atoms with van der Waals surface area (Å²) >= 11 is 1.23. The van der Waals surface area contributed by atoms with Crippen molar-refractivity contribution in [2.24, 2.45) is 5.92 Å². The lowest BCUT2D eigenvalue weighted by atomic mass is 10.1. The smallest absolute Gasteiger partial charge is 0.367 e. The van der Waals surface area contributed by atoms with Gasteiger partial charge < -0.3 is 4.74 Å². The molecule has 0 amide bonds. The second-order valence-electron chi connectivity index (χ2n) is 2.42. The number of rotatable bonds is 1. The summed E-state index contributed by atoms with van der Waals surface area (Å²) in [5, 5.41) is -0.155. The van der Waals surface area contributed by atoms with Crippen molar-refractivity contribution in [3.63, 3.8) is 0 Å². The maximum absolute atomic E-state index is 10.5. The summed E-state index contributed by atoms with van der Waals surface area (Å²) in [5.74, 6) is 1.19. The Morgan fingerprint density at radius 1 is 1.90 bits per heavy atom. The van der Waals surface area contributed by atoms with E-state index < -0.39 is 0 Å². The Hall–Kier alpha value is -0.440. The van der Waals surface area contributed by atoms with Gasteiger partial charge in [-0.05, 0) is 18.7 Å². The number of hydrogen-bond acceptors (Lipinski definition) is 3. The quantitative estimate of drug-likeness (QED) is 0.431. The third kappa shape index (κ3) is 1.77. The van der Waals surface area contributed by atoms with Gasteiger partial charge in [-0.15, -0.1) is 0 Å². The van der Waals surface area contributed by atoms with E-state index in [1.807, 2.05) is 6.92 Å². The molecule has 1 saturated heterocycles. The van der Waals surface area contributed by atoms with Gasteiger partial charge in [0.1, 0.15) is 0 Å². The number of ether oxygens (including phenoxy) is 1. The first-order valence-electron chi connectivity index (χ1n) is 3.15. The maximum atomic E-state index is 10.5. The van der Waals surface area contributed by atoms with E-state index in [1.54, 1.807) is 0 Å². The van der Waals surface area contributed by atoms with E-state index in [0.717, 1.165) is 11.3 Å². The number of cyclic esters (lactones) is 1. The van der Waals surface area contributed by atoms with Crippen LogP contribution in [0.25, 0.3) is 0 Å². The van der Waals surface area contributed by atoms with Crippen molar-refractivity contribution in [2.45, 2.75) is 6.92 Å². The molecule has 0 aromatic rings. The van der Waals surface area contributed by atoms with Gasteiger partial charge in [-0.3, -0.25) is 0 Å². The molecule has 1 unspecified atom stereocenters. The molecule has 0 aromatic heterocycles. The molecule has 2 nitrogen and oxygen atoms in total. The Morgan fingerprint density at radius 3 is 3.00 bits per heavy atom. The molecule has 0 radical (unpaired) electrons. The number of carbonyl (C=O) groups excluding carboxylic acids is 1. The van der Waals surface area contributed by atoms with Crippen LogP contribution in [0.2, 0.25) is 0 Å². The Morgan fingerprint density at radius 2 is 2.60 bits per heavy atom. The van der Waals surface area contributed by atoms with Gasteiger partial charge in [0.2, 0.25) is 0 Å². The standard InChI is InChI=1S/C7H10O2S/c1-5(2)6-3-9-7(8)10-4-6/h6H,1,3-4H2,2H3. The van der Waals surface area contributed by atoms with Crippen molar-refractivity contribution in [1.82, 2.24) is 0 Å². The van der Waals surface area contributed by atoms with Gasteiger partial charge >= 0.3 is 5.30 Å². The van der Waals surface area contributed by atoms with Gasteiger partial charge in [-0.1, -0.05) is 12.2 Å². The lowest BCUT2D eigenvalue weighted by Crippen LogP contribution is -2.21. The summed E-state index contributed by atoms with van der Waals surface area (Å²) in [4.78, 5) is 10.5. The predicted molar refractivity (Wildman–Crippen MR) is 42.1 cm³/mol. The molecule has 0 saturated carbocycles. The average molecular weight is 158 g/mol. The van der Waals surface area contributed by atoms with Crippen molar-refractivity contribution >= 4 is 17.1 Å². The van der Waals surface area contributed by atoms with Crippen LogP contribution in [0.5, 0.6) is 0 Å². The van der Waals surface area contributed by atoms with Crippen LogP contribution in [0.4, 0.5) is 4.79 Å². The first-order chi connectivity index (χ1) is 4.70. The fraction of sp³-hybridized carbons (Fsp3) is 0.571. The molecule has 0 spiro atoms. The van der Waals surface area contributed by atoms with Crippen molar-refractivity contribution in [3.05, 3.63) is 12.2 Å². The molecule has 1 atom stereocenters. The van der Waals surface area contributed by atoms with Crippen LogP contribution >= 0.6 is 11.8 Å². The van der Waals surface area contributed by atoms with Crippen molar-refractivity contribution in [1.29, 1.82) is 0 Å². The molecule has 56 valence electrons. The zero-order valence-electron chi connectivity index (χ0n) is 5.92. The van der Waals surface area contributed by atoms with Gasteiger partial charge in [-0.25, -0.2) is 4.79 Å². The van der Waals surface area contributed by atoms with E-state index in [9.17, 15) is 4.79 Å². The highest BCUT2D eigenvalue weighted by atomic mass is 32.2. The molecule has 0 N–H and O–H groups in total. The number of hydrogen-bond donors (Lipinski definition) is 0. The van der Waals surface area contributed by atoms with Gasteiger partial charge in [0.05, 0.1) is 6.61 Å². The average Bonchev–Trinajstić information content (AvgIpc) is 1.88. The minimum absolute atomic E-state index is 0.155. The molecule has 1 fully saturated rings. The molecule has 1 aliphatic heterocycles. The maximum Gasteiger partial charge on any atom is 0.367 e. The Balaban J connectivity index is 2.40. The lowest BCUT2D eigenvalue weighted by Gasteiger charge is -2.20. The molecule has 0 aromatic carbocycles. The highest BCUT2D eigenvalue weighted by Gasteiger charge is 2.20. The Bertz CT molecular complexity index is 155. The van der Waals surface area contributed by atoms with E-state index in [2.05, 4.69) is 6.58 Å². The highest BCUT2D eigenvalue weighted by molar-refractivity contribution is 8.13. The fourth-order valence-electron chi connectivity index (χ4n) is 0.712. The topological polar surface area (TPSA) is 26.3 Å². The van der Waals surface area contributed by atoms with Gasteiger partial charge in [0, 0.05) is 11.7 Å². The Kier molecular flexibility index (Phi) is 2.38. The van der Waals surface area contributed by atoms with Crippen LogP contribution in [0, 0.1) is 5.92 Å². The fourth-order valence-corrected chi connectivity index (χ4v) is 1.58. The second-order valence-corrected chi connectivity index (χ2v) is 3.37. The molecule has 3 heteroatoms. The van der Waals surface area contributed by atoms with E-state index in [1.165, 1.54) is 11.8 Å². The van der Waals surface area contributed by atoms with E-state index in [4.69, 9.17) is 4.74 Å². The van der Waals surface area contributed by atoms with Crippen molar-refractivity contribution in [3.8, 4) is 0 Å². The zero-order chi connectivity index (χ0) is 7.56. The highest BCUT2D eigenvalue weighted by Crippen LogP contribution is 2.22. The molecular formula is C7H10O2S.